The van der Waals surface area contributed by atoms with Gasteiger partial charge in [-0.1, -0.05) is 11.8 Å². The van der Waals surface area contributed by atoms with Crippen molar-refractivity contribution in [3.8, 4) is 0 Å². The second-order valence-electron chi connectivity index (χ2n) is 3.13. The fraction of sp³-hybridized carbons (Fsp3) is 0.375. The van der Waals surface area contributed by atoms with Crippen molar-refractivity contribution in [2.24, 2.45) is 21.7 Å². The van der Waals surface area contributed by atoms with Gasteiger partial charge in [0, 0.05) is 12.3 Å². The third kappa shape index (κ3) is 1.96. The van der Waals surface area contributed by atoms with Gasteiger partial charge in [-0.05, 0) is 6.92 Å². The summed E-state index contributed by atoms with van der Waals surface area (Å²) in [6, 6.07) is 0. The molecule has 1 aliphatic heterocycles. The molecule has 1 aromatic heterocycles. The summed E-state index contributed by atoms with van der Waals surface area (Å²) in [6.45, 7) is 2.91. The molecule has 0 spiro atoms. The second kappa shape index (κ2) is 3.93. The molecule has 0 saturated heterocycles. The smallest absolute Gasteiger partial charge is 0.211 e. The lowest BCUT2D eigenvalue weighted by Gasteiger charge is -1.97. The maximum absolute atomic E-state index is 5.17. The number of fused-ring (bicyclic) bond motifs is 1. The SMILES string of the molecule is Cc1nc2n(c1/C=N/N=C(N)N)CCS2. The molecule has 2 rings (SSSR count). The van der Waals surface area contributed by atoms with Crippen molar-refractivity contribution in [2.45, 2.75) is 18.6 Å². The van der Waals surface area contributed by atoms with E-state index in [1.807, 2.05) is 6.92 Å². The number of thioether (sulfide) groups is 1. The van der Waals surface area contributed by atoms with Crippen LogP contribution in [0.3, 0.4) is 0 Å². The van der Waals surface area contributed by atoms with E-state index in [4.69, 9.17) is 11.5 Å². The topological polar surface area (TPSA) is 94.6 Å². The van der Waals surface area contributed by atoms with Crippen LogP contribution in [0, 0.1) is 6.92 Å². The molecular weight excluding hydrogens is 212 g/mol. The molecule has 0 aromatic carbocycles. The highest BCUT2D eigenvalue weighted by atomic mass is 32.2. The Labute approximate surface area is 91.5 Å². The number of imidazole rings is 1. The van der Waals surface area contributed by atoms with E-state index in [1.54, 1.807) is 18.0 Å². The summed E-state index contributed by atoms with van der Waals surface area (Å²) in [5, 5.41) is 8.39. The van der Waals surface area contributed by atoms with Gasteiger partial charge in [0.05, 0.1) is 17.6 Å². The highest BCUT2D eigenvalue weighted by molar-refractivity contribution is 7.99. The molecule has 0 amide bonds. The van der Waals surface area contributed by atoms with Crippen LogP contribution in [0.2, 0.25) is 0 Å². The molecule has 0 bridgehead atoms. The molecule has 0 atom stereocenters. The van der Waals surface area contributed by atoms with E-state index in [-0.39, 0.29) is 5.96 Å². The maximum Gasteiger partial charge on any atom is 0.211 e. The molecule has 15 heavy (non-hydrogen) atoms. The van der Waals surface area contributed by atoms with E-state index < -0.39 is 0 Å². The van der Waals surface area contributed by atoms with E-state index >= 15 is 0 Å². The third-order valence-electron chi connectivity index (χ3n) is 2.06. The van der Waals surface area contributed by atoms with E-state index in [1.165, 1.54) is 0 Å². The molecule has 80 valence electrons. The van der Waals surface area contributed by atoms with Crippen molar-refractivity contribution in [3.63, 3.8) is 0 Å². The van der Waals surface area contributed by atoms with Crippen molar-refractivity contribution in [1.82, 2.24) is 9.55 Å². The van der Waals surface area contributed by atoms with Gasteiger partial charge in [-0.3, -0.25) is 0 Å². The van der Waals surface area contributed by atoms with Gasteiger partial charge >= 0.3 is 0 Å². The molecule has 1 aromatic rings. The number of nitrogens with zero attached hydrogens (tertiary/aromatic N) is 4. The minimum Gasteiger partial charge on any atom is -0.369 e. The average molecular weight is 224 g/mol. The molecule has 0 aliphatic carbocycles. The minimum absolute atomic E-state index is 0.0422. The Morgan fingerprint density at radius 2 is 2.40 bits per heavy atom. The molecule has 0 unspecified atom stereocenters. The summed E-state index contributed by atoms with van der Waals surface area (Å²) in [4.78, 5) is 4.41. The van der Waals surface area contributed by atoms with Crippen molar-refractivity contribution in [3.05, 3.63) is 11.4 Å². The van der Waals surface area contributed by atoms with Crippen LogP contribution in [-0.2, 0) is 6.54 Å². The molecule has 6 nitrogen and oxygen atoms in total. The fourth-order valence-electron chi connectivity index (χ4n) is 1.43. The van der Waals surface area contributed by atoms with Crippen molar-refractivity contribution >= 4 is 23.9 Å². The van der Waals surface area contributed by atoms with Gasteiger partial charge in [0.15, 0.2) is 5.16 Å². The first-order valence-electron chi connectivity index (χ1n) is 4.50. The number of nitrogens with two attached hydrogens (primary N) is 2. The first-order chi connectivity index (χ1) is 7.18. The third-order valence-corrected chi connectivity index (χ3v) is 3.01. The molecule has 2 heterocycles. The average Bonchev–Trinajstić information content (AvgIpc) is 2.68. The first-order valence-corrected chi connectivity index (χ1v) is 5.49. The first kappa shape index (κ1) is 10.0. The number of aryl methyl sites for hydroxylation is 1. The van der Waals surface area contributed by atoms with Crippen LogP contribution < -0.4 is 11.5 Å². The van der Waals surface area contributed by atoms with Crippen LogP contribution in [0.5, 0.6) is 0 Å². The summed E-state index contributed by atoms with van der Waals surface area (Å²) in [5.41, 5.74) is 12.3. The Morgan fingerprint density at radius 3 is 3.13 bits per heavy atom. The second-order valence-corrected chi connectivity index (χ2v) is 4.20. The molecule has 1 aliphatic rings. The van der Waals surface area contributed by atoms with Crippen LogP contribution in [0.25, 0.3) is 0 Å². The molecule has 0 radical (unpaired) electrons. The number of hydrogen-bond donors (Lipinski definition) is 2. The highest BCUT2D eigenvalue weighted by Gasteiger charge is 2.18. The standard InChI is InChI=1S/C8H12N6S/c1-5-6(4-11-13-7(9)10)14-2-3-15-8(14)12-5/h4H,2-3H2,1H3,(H4,9,10,13)/b11-4+. The molecule has 0 fully saturated rings. The van der Waals surface area contributed by atoms with E-state index in [0.29, 0.717) is 0 Å². The molecule has 4 N–H and O–H groups in total. The van der Waals surface area contributed by atoms with Gasteiger partial charge in [0.1, 0.15) is 0 Å². The molecular formula is C8H12N6S. The van der Waals surface area contributed by atoms with Gasteiger partial charge in [-0.2, -0.15) is 5.10 Å². The van der Waals surface area contributed by atoms with Crippen LogP contribution in [0.15, 0.2) is 15.4 Å². The van der Waals surface area contributed by atoms with E-state index in [9.17, 15) is 0 Å². The number of guanidine groups is 1. The summed E-state index contributed by atoms with van der Waals surface area (Å²) in [5.74, 6) is 1.02. The number of rotatable bonds is 2. The lowest BCUT2D eigenvalue weighted by atomic mass is 10.3. The monoisotopic (exact) mass is 224 g/mol. The zero-order chi connectivity index (χ0) is 10.8. The quantitative estimate of drug-likeness (QED) is 0.417. The number of hydrogen-bond acceptors (Lipinski definition) is 4. The lowest BCUT2D eigenvalue weighted by molar-refractivity contribution is 0.715. The summed E-state index contributed by atoms with van der Waals surface area (Å²) < 4.78 is 2.12. The predicted molar refractivity (Wildman–Crippen MR) is 61.1 cm³/mol. The van der Waals surface area contributed by atoms with Gasteiger partial charge < -0.3 is 16.0 Å². The van der Waals surface area contributed by atoms with Crippen molar-refractivity contribution in [2.75, 3.05) is 5.75 Å². The van der Waals surface area contributed by atoms with Gasteiger partial charge in [0.25, 0.3) is 0 Å². The molecule has 7 heteroatoms. The Morgan fingerprint density at radius 1 is 1.60 bits per heavy atom. The fourth-order valence-corrected chi connectivity index (χ4v) is 2.43. The largest absolute Gasteiger partial charge is 0.369 e. The molecule has 0 saturated carbocycles. The van der Waals surface area contributed by atoms with Gasteiger partial charge in [-0.25, -0.2) is 4.98 Å². The van der Waals surface area contributed by atoms with Crippen molar-refractivity contribution in [1.29, 1.82) is 0 Å². The lowest BCUT2D eigenvalue weighted by Crippen LogP contribution is -2.21. The van der Waals surface area contributed by atoms with Crippen LogP contribution >= 0.6 is 11.8 Å². The maximum atomic E-state index is 5.17. The summed E-state index contributed by atoms with van der Waals surface area (Å²) >= 11 is 1.75. The minimum atomic E-state index is -0.0422. The van der Waals surface area contributed by atoms with E-state index in [2.05, 4.69) is 19.8 Å². The number of aromatic nitrogens is 2. The van der Waals surface area contributed by atoms with Crippen molar-refractivity contribution < 1.29 is 0 Å². The zero-order valence-corrected chi connectivity index (χ0v) is 9.16. The Bertz CT molecular complexity index is 429. The van der Waals surface area contributed by atoms with Crippen LogP contribution in [-0.4, -0.2) is 27.5 Å². The summed E-state index contributed by atoms with van der Waals surface area (Å²) in [7, 11) is 0. The van der Waals surface area contributed by atoms with Gasteiger partial charge in [-0.15, -0.1) is 5.10 Å². The van der Waals surface area contributed by atoms with Crippen LogP contribution in [0.1, 0.15) is 11.4 Å². The normalized spacial score (nSPS) is 14.5. The highest BCUT2D eigenvalue weighted by Crippen LogP contribution is 2.26. The van der Waals surface area contributed by atoms with E-state index in [0.717, 1.165) is 28.8 Å². The Hall–Kier alpha value is -1.50. The Kier molecular flexibility index (Phi) is 2.63. The summed E-state index contributed by atoms with van der Waals surface area (Å²) in [6.07, 6.45) is 1.64. The Balaban J connectivity index is 2.28. The predicted octanol–water partition coefficient (Wildman–Crippen LogP) is -0.0955. The zero-order valence-electron chi connectivity index (χ0n) is 8.34. The van der Waals surface area contributed by atoms with Gasteiger partial charge in [0.2, 0.25) is 5.96 Å². The van der Waals surface area contributed by atoms with Crippen LogP contribution in [0.4, 0.5) is 0 Å².